The van der Waals surface area contributed by atoms with Gasteiger partial charge in [-0.15, -0.1) is 0 Å². The van der Waals surface area contributed by atoms with Gasteiger partial charge in [0.2, 0.25) is 11.9 Å². The summed E-state index contributed by atoms with van der Waals surface area (Å²) in [4.78, 5) is 22.7. The van der Waals surface area contributed by atoms with Crippen molar-refractivity contribution in [2.75, 3.05) is 13.1 Å². The van der Waals surface area contributed by atoms with Gasteiger partial charge in [0.25, 0.3) is 0 Å². The van der Waals surface area contributed by atoms with Crippen molar-refractivity contribution in [3.05, 3.63) is 35.9 Å². The number of guanidine groups is 1. The van der Waals surface area contributed by atoms with Gasteiger partial charge in [-0.25, -0.2) is 4.99 Å². The van der Waals surface area contributed by atoms with Crippen LogP contribution in [0.5, 0.6) is 0 Å². The second-order valence-electron chi connectivity index (χ2n) is 8.89. The third kappa shape index (κ3) is 3.89. The van der Waals surface area contributed by atoms with E-state index in [2.05, 4.69) is 59.3 Å². The van der Waals surface area contributed by atoms with Crippen LogP contribution in [0.2, 0.25) is 0 Å². The quantitative estimate of drug-likeness (QED) is 0.839. The van der Waals surface area contributed by atoms with Crippen LogP contribution in [0, 0.1) is 17.2 Å². The van der Waals surface area contributed by atoms with Gasteiger partial charge in [-0.2, -0.15) is 5.26 Å². The number of benzene rings is 1. The highest BCUT2D eigenvalue weighted by Gasteiger charge is 2.50. The van der Waals surface area contributed by atoms with Gasteiger partial charge in [0.05, 0.1) is 11.6 Å². The van der Waals surface area contributed by atoms with Crippen LogP contribution in [-0.2, 0) is 11.3 Å². The monoisotopic (exact) mass is 393 g/mol. The van der Waals surface area contributed by atoms with Crippen molar-refractivity contribution in [1.29, 1.82) is 5.26 Å². The van der Waals surface area contributed by atoms with Crippen LogP contribution < -0.4 is 5.32 Å². The Kier molecular flexibility index (Phi) is 5.60. The fourth-order valence-electron chi connectivity index (χ4n) is 5.21. The molecule has 1 aromatic rings. The number of nitrogens with one attached hydrogen (secondary N) is 1. The van der Waals surface area contributed by atoms with Gasteiger partial charge in [0.1, 0.15) is 0 Å². The molecule has 3 aliphatic heterocycles. The molecule has 2 fully saturated rings. The first kappa shape index (κ1) is 19.9. The highest BCUT2D eigenvalue weighted by Crippen LogP contribution is 2.37. The molecule has 1 spiro atoms. The smallest absolute Gasteiger partial charge is 0.246 e. The van der Waals surface area contributed by atoms with Crippen molar-refractivity contribution in [2.24, 2.45) is 10.9 Å². The van der Waals surface area contributed by atoms with E-state index in [-0.39, 0.29) is 5.91 Å². The molecule has 0 bridgehead atoms. The maximum atomic E-state index is 12.9. The third-order valence-corrected chi connectivity index (χ3v) is 6.90. The fraction of sp³-hybridized carbons (Fsp3) is 0.609. The van der Waals surface area contributed by atoms with Crippen molar-refractivity contribution in [2.45, 2.75) is 70.1 Å². The summed E-state index contributed by atoms with van der Waals surface area (Å²) in [5.41, 5.74) is 0.693. The lowest BCUT2D eigenvalue weighted by atomic mass is 9.75. The first-order valence-electron chi connectivity index (χ1n) is 10.9. The molecule has 3 aliphatic rings. The van der Waals surface area contributed by atoms with Gasteiger partial charge in [-0.1, -0.05) is 30.3 Å². The van der Waals surface area contributed by atoms with E-state index in [1.54, 1.807) is 0 Å². The predicted molar refractivity (Wildman–Crippen MR) is 113 cm³/mol. The van der Waals surface area contributed by atoms with Crippen molar-refractivity contribution in [3.8, 4) is 6.07 Å². The Labute approximate surface area is 173 Å². The van der Waals surface area contributed by atoms with Crippen LogP contribution in [0.25, 0.3) is 0 Å². The Hall–Kier alpha value is -2.39. The number of nitriles is 1. The number of hydrogen-bond acceptors (Lipinski definition) is 5. The average Bonchev–Trinajstić information content (AvgIpc) is 2.70. The van der Waals surface area contributed by atoms with E-state index in [0.717, 1.165) is 45.3 Å². The van der Waals surface area contributed by atoms with Crippen LogP contribution in [0.3, 0.4) is 0 Å². The number of aliphatic imine (C=N–C) groups is 1. The van der Waals surface area contributed by atoms with Gasteiger partial charge in [-0.3, -0.25) is 15.0 Å². The molecule has 6 nitrogen and oxygen atoms in total. The number of amides is 1. The molecule has 0 aromatic heterocycles. The molecule has 29 heavy (non-hydrogen) atoms. The zero-order valence-electron chi connectivity index (χ0n) is 17.5. The summed E-state index contributed by atoms with van der Waals surface area (Å²) in [5, 5.41) is 12.7. The van der Waals surface area contributed by atoms with Gasteiger partial charge < -0.3 is 4.90 Å². The fourth-order valence-corrected chi connectivity index (χ4v) is 5.21. The lowest BCUT2D eigenvalue weighted by Crippen LogP contribution is -2.62. The third-order valence-electron chi connectivity index (χ3n) is 6.90. The second-order valence-corrected chi connectivity index (χ2v) is 8.89. The van der Waals surface area contributed by atoms with Crippen LogP contribution in [0.1, 0.15) is 51.5 Å². The van der Waals surface area contributed by atoms with Gasteiger partial charge >= 0.3 is 0 Å². The summed E-state index contributed by atoms with van der Waals surface area (Å²) in [6, 6.07) is 13.4. The number of carbonyl (C=O) groups is 1. The normalized spacial score (nSPS) is 29.8. The Morgan fingerprint density at radius 1 is 1.17 bits per heavy atom. The van der Waals surface area contributed by atoms with E-state index < -0.39 is 11.5 Å². The summed E-state index contributed by atoms with van der Waals surface area (Å²) in [7, 11) is 0. The zero-order chi connectivity index (χ0) is 20.4. The van der Waals surface area contributed by atoms with E-state index in [0.29, 0.717) is 18.0 Å². The molecule has 4 rings (SSSR count). The van der Waals surface area contributed by atoms with E-state index in [1.807, 2.05) is 6.07 Å². The lowest BCUT2D eigenvalue weighted by molar-refractivity contribution is -0.125. The minimum absolute atomic E-state index is 0.181. The van der Waals surface area contributed by atoms with Crippen LogP contribution >= 0.6 is 0 Å². The molecular formula is C23H31N5O. The molecule has 1 aromatic carbocycles. The molecule has 0 saturated carbocycles. The van der Waals surface area contributed by atoms with Crippen molar-refractivity contribution in [3.63, 3.8) is 0 Å². The highest BCUT2D eigenvalue weighted by molar-refractivity contribution is 6.02. The summed E-state index contributed by atoms with van der Waals surface area (Å²) < 4.78 is 0. The second kappa shape index (κ2) is 8.16. The number of rotatable bonds is 2. The Morgan fingerprint density at radius 2 is 1.83 bits per heavy atom. The largest absolute Gasteiger partial charge is 0.337 e. The zero-order valence-corrected chi connectivity index (χ0v) is 17.5. The Balaban J connectivity index is 1.55. The summed E-state index contributed by atoms with van der Waals surface area (Å²) >= 11 is 0. The van der Waals surface area contributed by atoms with Gasteiger partial charge in [0.15, 0.2) is 5.92 Å². The predicted octanol–water partition coefficient (Wildman–Crippen LogP) is 2.91. The molecule has 3 heterocycles. The lowest BCUT2D eigenvalue weighted by Gasteiger charge is -2.47. The van der Waals surface area contributed by atoms with Crippen LogP contribution in [0.15, 0.2) is 35.3 Å². The number of likely N-dealkylation sites (tertiary alicyclic amines) is 2. The number of carbonyl (C=O) groups excluding carboxylic acids is 1. The van der Waals surface area contributed by atoms with Crippen LogP contribution in [-0.4, -0.2) is 52.4 Å². The number of nitrogens with zero attached hydrogens (tertiary/aromatic N) is 4. The number of piperidine rings is 2. The first-order valence-corrected chi connectivity index (χ1v) is 10.9. The molecule has 3 atom stereocenters. The molecule has 0 aliphatic carbocycles. The van der Waals surface area contributed by atoms with E-state index in [1.165, 1.54) is 12.0 Å². The molecule has 0 radical (unpaired) electrons. The first-order chi connectivity index (χ1) is 14.0. The Morgan fingerprint density at radius 3 is 2.45 bits per heavy atom. The van der Waals surface area contributed by atoms with E-state index >= 15 is 0 Å². The molecule has 1 N–H and O–H groups in total. The summed E-state index contributed by atoms with van der Waals surface area (Å²) in [6.45, 7) is 7.01. The van der Waals surface area contributed by atoms with Crippen molar-refractivity contribution < 1.29 is 4.79 Å². The van der Waals surface area contributed by atoms with E-state index in [9.17, 15) is 10.1 Å². The molecule has 6 heteroatoms. The molecule has 2 saturated heterocycles. The molecule has 0 unspecified atom stereocenters. The summed E-state index contributed by atoms with van der Waals surface area (Å²) in [5.74, 6) is -0.197. The maximum Gasteiger partial charge on any atom is 0.246 e. The minimum Gasteiger partial charge on any atom is -0.337 e. The Bertz CT molecular complexity index is 796. The SMILES string of the molecule is C[C@@H]1CCC[C@H](C)N1C1=NC2(CCN(Cc3ccccc3)CC2)[C@@H](C#N)C(=O)N1. The molecular weight excluding hydrogens is 362 g/mol. The van der Waals surface area contributed by atoms with Gasteiger partial charge in [0, 0.05) is 31.7 Å². The summed E-state index contributed by atoms with van der Waals surface area (Å²) in [6.07, 6.45) is 4.91. The van der Waals surface area contributed by atoms with E-state index in [4.69, 9.17) is 4.99 Å². The van der Waals surface area contributed by atoms with Crippen molar-refractivity contribution >= 4 is 11.9 Å². The average molecular weight is 394 g/mol. The van der Waals surface area contributed by atoms with Crippen molar-refractivity contribution in [1.82, 2.24) is 15.1 Å². The molecule has 154 valence electrons. The number of hydrogen-bond donors (Lipinski definition) is 1. The highest BCUT2D eigenvalue weighted by atomic mass is 16.2. The standard InChI is InChI=1S/C23H31N5O/c1-17-7-6-8-18(2)28(17)22-25-21(29)20(15-24)23(26-22)11-13-27(14-12-23)16-19-9-4-3-5-10-19/h3-5,9-10,17-18,20H,6-8,11-14,16H2,1-2H3,(H,25,26,29)/t17-,18+,20-/m0/s1. The van der Waals surface area contributed by atoms with Crippen LogP contribution in [0.4, 0.5) is 0 Å². The maximum absolute atomic E-state index is 12.9. The topological polar surface area (TPSA) is 71.7 Å². The van der Waals surface area contributed by atoms with Gasteiger partial charge in [-0.05, 0) is 51.5 Å². The molecule has 1 amide bonds. The minimum atomic E-state index is -0.708.